The maximum absolute atomic E-state index is 13.3. The van der Waals surface area contributed by atoms with Gasteiger partial charge in [0.25, 0.3) is 0 Å². The highest BCUT2D eigenvalue weighted by Gasteiger charge is 2.08. The van der Waals surface area contributed by atoms with Crippen molar-refractivity contribution in [1.29, 1.82) is 0 Å². The van der Waals surface area contributed by atoms with Gasteiger partial charge in [-0.05, 0) is 31.5 Å². The lowest BCUT2D eigenvalue weighted by atomic mass is 10.2. The van der Waals surface area contributed by atoms with Gasteiger partial charge in [-0.3, -0.25) is 4.90 Å². The minimum atomic E-state index is -0.586. The van der Waals surface area contributed by atoms with E-state index in [2.05, 4.69) is 4.90 Å². The fourth-order valence-electron chi connectivity index (χ4n) is 1.85. The Morgan fingerprint density at radius 1 is 1.10 bits per heavy atom. The quantitative estimate of drug-likeness (QED) is 0.670. The van der Waals surface area contributed by atoms with Gasteiger partial charge in [0.15, 0.2) is 11.6 Å². The van der Waals surface area contributed by atoms with Crippen LogP contribution >= 0.6 is 0 Å². The van der Waals surface area contributed by atoms with Crippen LogP contribution in [-0.2, 0) is 16.0 Å². The maximum atomic E-state index is 13.3. The van der Waals surface area contributed by atoms with Crippen molar-refractivity contribution in [2.75, 3.05) is 39.5 Å². The number of phenolic OH excluding ortho intramolecular Hbond substituents is 1. The molecule has 0 aromatic heterocycles. The zero-order valence-electron chi connectivity index (χ0n) is 12.3. The fourth-order valence-corrected chi connectivity index (χ4v) is 1.85. The van der Waals surface area contributed by atoms with Crippen molar-refractivity contribution in [2.24, 2.45) is 0 Å². The summed E-state index contributed by atoms with van der Waals surface area (Å²) in [5.74, 6) is -0.902. The summed E-state index contributed by atoms with van der Waals surface area (Å²) in [6.45, 7) is 8.72. The first-order valence-electron chi connectivity index (χ1n) is 7.02. The summed E-state index contributed by atoms with van der Waals surface area (Å²) >= 11 is 0. The lowest BCUT2D eigenvalue weighted by Gasteiger charge is -2.22. The van der Waals surface area contributed by atoms with Crippen LogP contribution in [0.2, 0.25) is 0 Å². The van der Waals surface area contributed by atoms with Gasteiger partial charge in [0.1, 0.15) is 0 Å². The van der Waals surface area contributed by atoms with Crippen molar-refractivity contribution in [3.8, 4) is 5.75 Å². The third kappa shape index (κ3) is 6.32. The molecule has 5 heteroatoms. The van der Waals surface area contributed by atoms with E-state index in [1.807, 2.05) is 13.8 Å². The number of rotatable bonds is 10. The van der Waals surface area contributed by atoms with Crippen LogP contribution in [0.3, 0.4) is 0 Å². The van der Waals surface area contributed by atoms with Crippen LogP contribution in [0.4, 0.5) is 4.39 Å². The van der Waals surface area contributed by atoms with E-state index in [0.717, 1.165) is 18.7 Å². The highest BCUT2D eigenvalue weighted by atomic mass is 19.1. The molecule has 1 N–H and O–H groups in total. The van der Waals surface area contributed by atoms with Gasteiger partial charge in [-0.15, -0.1) is 0 Å². The lowest BCUT2D eigenvalue weighted by Crippen LogP contribution is -2.30. The predicted molar refractivity (Wildman–Crippen MR) is 76.3 cm³/mol. The van der Waals surface area contributed by atoms with Crippen LogP contribution in [0.1, 0.15) is 19.4 Å². The third-order valence-corrected chi connectivity index (χ3v) is 2.93. The Morgan fingerprint density at radius 2 is 1.70 bits per heavy atom. The van der Waals surface area contributed by atoms with Crippen LogP contribution in [0, 0.1) is 5.82 Å². The van der Waals surface area contributed by atoms with Crippen molar-refractivity contribution in [2.45, 2.75) is 20.4 Å². The van der Waals surface area contributed by atoms with E-state index < -0.39 is 5.82 Å². The molecule has 114 valence electrons. The Morgan fingerprint density at radius 3 is 2.20 bits per heavy atom. The SMILES string of the molecule is CCOCCN(CCOCC)Cc1ccc(O)c(F)c1. The molecule has 0 radical (unpaired) electrons. The van der Waals surface area contributed by atoms with E-state index in [0.29, 0.717) is 33.0 Å². The Labute approximate surface area is 120 Å². The molecule has 4 nitrogen and oxygen atoms in total. The first kappa shape index (κ1) is 16.9. The average Bonchev–Trinajstić information content (AvgIpc) is 2.43. The molecule has 0 fully saturated rings. The van der Waals surface area contributed by atoms with Crippen LogP contribution < -0.4 is 0 Å². The summed E-state index contributed by atoms with van der Waals surface area (Å²) in [6, 6.07) is 4.48. The van der Waals surface area contributed by atoms with Crippen molar-refractivity contribution >= 4 is 0 Å². The topological polar surface area (TPSA) is 41.9 Å². The third-order valence-electron chi connectivity index (χ3n) is 2.93. The Kier molecular flexibility index (Phi) is 8.18. The van der Waals surface area contributed by atoms with Gasteiger partial charge < -0.3 is 14.6 Å². The van der Waals surface area contributed by atoms with E-state index in [4.69, 9.17) is 9.47 Å². The smallest absolute Gasteiger partial charge is 0.165 e. The molecule has 0 aliphatic rings. The lowest BCUT2D eigenvalue weighted by molar-refractivity contribution is 0.0797. The second kappa shape index (κ2) is 9.69. The molecule has 1 aromatic rings. The highest BCUT2D eigenvalue weighted by molar-refractivity contribution is 5.27. The number of hydrogen-bond acceptors (Lipinski definition) is 4. The molecule has 1 aromatic carbocycles. The van der Waals surface area contributed by atoms with Crippen molar-refractivity contribution in [1.82, 2.24) is 4.90 Å². The molecule has 0 aliphatic carbocycles. The van der Waals surface area contributed by atoms with Gasteiger partial charge in [-0.1, -0.05) is 6.07 Å². The summed E-state index contributed by atoms with van der Waals surface area (Å²) in [5, 5.41) is 9.20. The van der Waals surface area contributed by atoms with Gasteiger partial charge >= 0.3 is 0 Å². The van der Waals surface area contributed by atoms with Crippen molar-refractivity contribution in [3.05, 3.63) is 29.6 Å². The number of halogens is 1. The summed E-state index contributed by atoms with van der Waals surface area (Å²) in [7, 11) is 0. The van der Waals surface area contributed by atoms with E-state index >= 15 is 0 Å². The molecule has 0 unspecified atom stereocenters. The second-order valence-corrected chi connectivity index (χ2v) is 4.46. The molecule has 0 amide bonds. The van der Waals surface area contributed by atoms with Crippen LogP contribution in [-0.4, -0.2) is 49.5 Å². The van der Waals surface area contributed by atoms with Gasteiger partial charge in [0, 0.05) is 32.8 Å². The van der Waals surface area contributed by atoms with Gasteiger partial charge in [0.05, 0.1) is 13.2 Å². The van der Waals surface area contributed by atoms with Gasteiger partial charge in [0.2, 0.25) is 0 Å². The zero-order valence-corrected chi connectivity index (χ0v) is 12.3. The predicted octanol–water partition coefficient (Wildman–Crippen LogP) is 2.41. The molecule has 1 rings (SSSR count). The van der Waals surface area contributed by atoms with Crippen LogP contribution in [0.15, 0.2) is 18.2 Å². The van der Waals surface area contributed by atoms with Crippen LogP contribution in [0.5, 0.6) is 5.75 Å². The molecular weight excluding hydrogens is 261 g/mol. The van der Waals surface area contributed by atoms with E-state index in [9.17, 15) is 9.50 Å². The average molecular weight is 285 g/mol. The van der Waals surface area contributed by atoms with Crippen molar-refractivity contribution in [3.63, 3.8) is 0 Å². The molecule has 0 saturated carbocycles. The number of phenols is 1. The molecular formula is C15H24FNO3. The van der Waals surface area contributed by atoms with Crippen LogP contribution in [0.25, 0.3) is 0 Å². The molecule has 0 bridgehead atoms. The molecule has 0 aliphatic heterocycles. The minimum Gasteiger partial charge on any atom is -0.505 e. The maximum Gasteiger partial charge on any atom is 0.165 e. The number of hydrogen-bond donors (Lipinski definition) is 1. The minimum absolute atomic E-state index is 0.316. The number of nitrogens with zero attached hydrogens (tertiary/aromatic N) is 1. The van der Waals surface area contributed by atoms with E-state index in [1.165, 1.54) is 12.1 Å². The summed E-state index contributed by atoms with van der Waals surface area (Å²) < 4.78 is 24.0. The first-order chi connectivity index (χ1) is 9.67. The molecule has 0 heterocycles. The summed E-state index contributed by atoms with van der Waals surface area (Å²) in [5.41, 5.74) is 0.827. The second-order valence-electron chi connectivity index (χ2n) is 4.46. The standard InChI is InChI=1S/C15H24FNO3/c1-3-19-9-7-17(8-10-20-4-2)12-13-5-6-15(18)14(16)11-13/h5-6,11,18H,3-4,7-10,12H2,1-2H3. The first-order valence-corrected chi connectivity index (χ1v) is 7.02. The molecule has 0 spiro atoms. The van der Waals surface area contributed by atoms with Gasteiger partial charge in [-0.2, -0.15) is 0 Å². The summed E-state index contributed by atoms with van der Waals surface area (Å²) in [6.07, 6.45) is 0. The normalized spacial score (nSPS) is 11.2. The van der Waals surface area contributed by atoms with Gasteiger partial charge in [-0.25, -0.2) is 4.39 Å². The Balaban J connectivity index is 2.54. The number of benzene rings is 1. The fraction of sp³-hybridized carbons (Fsp3) is 0.600. The molecule has 0 atom stereocenters. The monoisotopic (exact) mass is 285 g/mol. The summed E-state index contributed by atoms with van der Waals surface area (Å²) in [4.78, 5) is 2.15. The Bertz CT molecular complexity index is 377. The van der Waals surface area contributed by atoms with Crippen molar-refractivity contribution < 1.29 is 19.0 Å². The number of ether oxygens (including phenoxy) is 2. The molecule has 20 heavy (non-hydrogen) atoms. The molecule has 0 saturated heterocycles. The zero-order chi connectivity index (χ0) is 14.8. The Hall–Kier alpha value is -1.17. The number of aromatic hydroxyl groups is 1. The highest BCUT2D eigenvalue weighted by Crippen LogP contribution is 2.17. The van der Waals surface area contributed by atoms with E-state index in [1.54, 1.807) is 6.07 Å². The van der Waals surface area contributed by atoms with E-state index in [-0.39, 0.29) is 5.75 Å². The largest absolute Gasteiger partial charge is 0.505 e.